The molecule has 1 amide bonds. The minimum atomic E-state index is -0.814. The molecule has 0 spiro atoms. The lowest BCUT2D eigenvalue weighted by molar-refractivity contribution is -0.151. The molecule has 1 unspecified atom stereocenters. The summed E-state index contributed by atoms with van der Waals surface area (Å²) in [5, 5.41) is 9.41. The summed E-state index contributed by atoms with van der Waals surface area (Å²) < 4.78 is 0. The molecule has 0 aliphatic carbocycles. The summed E-state index contributed by atoms with van der Waals surface area (Å²) in [6.45, 7) is 8.34. The molecule has 1 saturated heterocycles. The first kappa shape index (κ1) is 15.0. The number of carbonyl (C=O) groups excluding carboxylic acids is 1. The normalized spacial score (nSPS) is 25.8. The quantitative estimate of drug-likeness (QED) is 0.783. The fraction of sp³-hybridized carbons (Fsp3) is 0.846. The highest BCUT2D eigenvalue weighted by atomic mass is 16.4. The van der Waals surface area contributed by atoms with Crippen molar-refractivity contribution >= 4 is 11.9 Å². The Labute approximate surface area is 108 Å². The SMILES string of the molecule is CC(C)[C@H](N)C(=O)N1CCC(C(=O)O)(C(C)C)C1. The van der Waals surface area contributed by atoms with Gasteiger partial charge < -0.3 is 15.7 Å². The molecular weight excluding hydrogens is 232 g/mol. The minimum Gasteiger partial charge on any atom is -0.481 e. The number of carboxylic acid groups (broad SMARTS) is 1. The molecule has 104 valence electrons. The number of hydrogen-bond acceptors (Lipinski definition) is 3. The van der Waals surface area contributed by atoms with Gasteiger partial charge in [0.15, 0.2) is 0 Å². The third kappa shape index (κ3) is 2.51. The van der Waals surface area contributed by atoms with Gasteiger partial charge in [-0.25, -0.2) is 0 Å². The van der Waals surface area contributed by atoms with Gasteiger partial charge in [-0.05, 0) is 18.3 Å². The zero-order chi connectivity index (χ0) is 14.1. The lowest BCUT2D eigenvalue weighted by atomic mass is 9.76. The lowest BCUT2D eigenvalue weighted by Crippen LogP contribution is -2.47. The Morgan fingerprint density at radius 1 is 1.28 bits per heavy atom. The molecule has 0 aromatic carbocycles. The molecule has 18 heavy (non-hydrogen) atoms. The van der Waals surface area contributed by atoms with Crippen molar-refractivity contribution in [1.82, 2.24) is 4.90 Å². The van der Waals surface area contributed by atoms with Crippen molar-refractivity contribution in [2.75, 3.05) is 13.1 Å². The van der Waals surface area contributed by atoms with Gasteiger partial charge in [0, 0.05) is 13.1 Å². The molecule has 0 bridgehead atoms. The number of nitrogens with two attached hydrogens (primary N) is 1. The molecule has 1 rings (SSSR count). The number of aliphatic carboxylic acids is 1. The molecule has 3 N–H and O–H groups in total. The van der Waals surface area contributed by atoms with E-state index in [2.05, 4.69) is 0 Å². The average molecular weight is 256 g/mol. The first-order chi connectivity index (χ1) is 8.22. The van der Waals surface area contributed by atoms with Gasteiger partial charge in [-0.2, -0.15) is 0 Å². The molecule has 0 radical (unpaired) electrons. The van der Waals surface area contributed by atoms with Crippen LogP contribution in [-0.4, -0.2) is 41.0 Å². The van der Waals surface area contributed by atoms with Gasteiger partial charge in [-0.3, -0.25) is 9.59 Å². The van der Waals surface area contributed by atoms with Crippen LogP contribution in [0.25, 0.3) is 0 Å². The predicted molar refractivity (Wildman–Crippen MR) is 68.9 cm³/mol. The number of carboxylic acids is 1. The van der Waals surface area contributed by atoms with Crippen molar-refractivity contribution in [3.63, 3.8) is 0 Å². The number of hydrogen-bond donors (Lipinski definition) is 2. The van der Waals surface area contributed by atoms with Crippen molar-refractivity contribution in [2.45, 2.75) is 40.2 Å². The van der Waals surface area contributed by atoms with Gasteiger partial charge >= 0.3 is 5.97 Å². The topological polar surface area (TPSA) is 83.6 Å². The van der Waals surface area contributed by atoms with Crippen LogP contribution in [0.15, 0.2) is 0 Å². The van der Waals surface area contributed by atoms with Gasteiger partial charge in [-0.1, -0.05) is 27.7 Å². The average Bonchev–Trinajstić information content (AvgIpc) is 2.72. The van der Waals surface area contributed by atoms with Crippen LogP contribution in [-0.2, 0) is 9.59 Å². The molecule has 2 atom stereocenters. The van der Waals surface area contributed by atoms with Crippen molar-refractivity contribution in [3.8, 4) is 0 Å². The number of carbonyl (C=O) groups is 2. The fourth-order valence-electron chi connectivity index (χ4n) is 2.41. The van der Waals surface area contributed by atoms with E-state index in [1.165, 1.54) is 0 Å². The number of likely N-dealkylation sites (tertiary alicyclic amines) is 1. The van der Waals surface area contributed by atoms with Crippen molar-refractivity contribution in [1.29, 1.82) is 0 Å². The van der Waals surface area contributed by atoms with E-state index in [9.17, 15) is 14.7 Å². The van der Waals surface area contributed by atoms with E-state index in [0.29, 0.717) is 13.0 Å². The minimum absolute atomic E-state index is 0.00285. The Morgan fingerprint density at radius 2 is 1.83 bits per heavy atom. The summed E-state index contributed by atoms with van der Waals surface area (Å²) >= 11 is 0. The Balaban J connectivity index is 2.82. The van der Waals surface area contributed by atoms with Crippen LogP contribution in [0.1, 0.15) is 34.1 Å². The summed E-state index contributed by atoms with van der Waals surface area (Å²) in [5.41, 5.74) is 5.03. The smallest absolute Gasteiger partial charge is 0.311 e. The highest BCUT2D eigenvalue weighted by Gasteiger charge is 2.49. The summed E-state index contributed by atoms with van der Waals surface area (Å²) in [5.74, 6) is -0.876. The van der Waals surface area contributed by atoms with Crippen LogP contribution in [0, 0.1) is 17.3 Å². The molecule has 1 heterocycles. The molecule has 1 aliphatic heterocycles. The Kier molecular flexibility index (Phi) is 4.37. The van der Waals surface area contributed by atoms with Crippen molar-refractivity contribution < 1.29 is 14.7 Å². The molecule has 1 fully saturated rings. The molecule has 5 nitrogen and oxygen atoms in total. The van der Waals surface area contributed by atoms with E-state index >= 15 is 0 Å². The summed E-state index contributed by atoms with van der Waals surface area (Å²) in [7, 11) is 0. The van der Waals surface area contributed by atoms with Crippen LogP contribution < -0.4 is 5.73 Å². The first-order valence-electron chi connectivity index (χ1n) is 6.50. The molecular formula is C13H24N2O3. The summed E-state index contributed by atoms with van der Waals surface area (Å²) in [6, 6.07) is -0.540. The van der Waals surface area contributed by atoms with Crippen LogP contribution in [0.2, 0.25) is 0 Å². The second-order valence-corrected chi connectivity index (χ2v) is 5.90. The maximum absolute atomic E-state index is 12.1. The highest BCUT2D eigenvalue weighted by Crippen LogP contribution is 2.38. The van der Waals surface area contributed by atoms with E-state index in [0.717, 1.165) is 0 Å². The number of nitrogens with zero attached hydrogens (tertiary/aromatic N) is 1. The Bertz CT molecular complexity index is 341. The van der Waals surface area contributed by atoms with Crippen LogP contribution in [0.4, 0.5) is 0 Å². The van der Waals surface area contributed by atoms with Gasteiger partial charge in [0.2, 0.25) is 5.91 Å². The zero-order valence-corrected chi connectivity index (χ0v) is 11.6. The van der Waals surface area contributed by atoms with E-state index in [1.807, 2.05) is 27.7 Å². The third-order valence-corrected chi connectivity index (χ3v) is 4.15. The van der Waals surface area contributed by atoms with Crippen LogP contribution >= 0.6 is 0 Å². The fourth-order valence-corrected chi connectivity index (χ4v) is 2.41. The van der Waals surface area contributed by atoms with Crippen LogP contribution in [0.3, 0.4) is 0 Å². The Morgan fingerprint density at radius 3 is 2.17 bits per heavy atom. The third-order valence-electron chi connectivity index (χ3n) is 4.15. The van der Waals surface area contributed by atoms with E-state index < -0.39 is 17.4 Å². The standard InChI is InChI=1S/C13H24N2O3/c1-8(2)10(14)11(16)15-6-5-13(7-15,9(3)4)12(17)18/h8-10H,5-7,14H2,1-4H3,(H,17,18)/t10-,13?/m0/s1. The van der Waals surface area contributed by atoms with Crippen LogP contribution in [0.5, 0.6) is 0 Å². The summed E-state index contributed by atoms with van der Waals surface area (Å²) in [6.07, 6.45) is 0.510. The number of amides is 1. The number of rotatable bonds is 4. The maximum Gasteiger partial charge on any atom is 0.311 e. The Hall–Kier alpha value is -1.10. The van der Waals surface area contributed by atoms with E-state index in [-0.39, 0.29) is 24.3 Å². The van der Waals surface area contributed by atoms with Gasteiger partial charge in [0.05, 0.1) is 11.5 Å². The van der Waals surface area contributed by atoms with Gasteiger partial charge in [0.1, 0.15) is 0 Å². The zero-order valence-electron chi connectivity index (χ0n) is 11.6. The molecule has 1 aliphatic rings. The van der Waals surface area contributed by atoms with Crippen molar-refractivity contribution in [3.05, 3.63) is 0 Å². The summed E-state index contributed by atoms with van der Waals surface area (Å²) in [4.78, 5) is 25.2. The van der Waals surface area contributed by atoms with Gasteiger partial charge in [0.25, 0.3) is 0 Å². The monoisotopic (exact) mass is 256 g/mol. The molecule has 0 aromatic heterocycles. The maximum atomic E-state index is 12.1. The predicted octanol–water partition coefficient (Wildman–Crippen LogP) is 0.929. The van der Waals surface area contributed by atoms with Crippen molar-refractivity contribution in [2.24, 2.45) is 23.0 Å². The van der Waals surface area contributed by atoms with E-state index in [1.54, 1.807) is 4.90 Å². The second-order valence-electron chi connectivity index (χ2n) is 5.90. The lowest BCUT2D eigenvalue weighted by Gasteiger charge is -2.29. The molecule has 5 heteroatoms. The van der Waals surface area contributed by atoms with Gasteiger partial charge in [-0.15, -0.1) is 0 Å². The second kappa shape index (κ2) is 5.26. The largest absolute Gasteiger partial charge is 0.481 e. The molecule has 0 saturated carbocycles. The first-order valence-corrected chi connectivity index (χ1v) is 6.50. The highest BCUT2D eigenvalue weighted by molar-refractivity contribution is 5.84. The van der Waals surface area contributed by atoms with E-state index in [4.69, 9.17) is 5.73 Å². The molecule has 0 aromatic rings.